The van der Waals surface area contributed by atoms with Crippen LogP contribution in [-0.2, 0) is 6.18 Å². The number of nitrogens with zero attached hydrogens (tertiary/aromatic N) is 2. The number of carbonyl (C=O) groups is 1. The first-order chi connectivity index (χ1) is 9.82. The number of halogens is 3. The average molecular weight is 298 g/mol. The minimum absolute atomic E-state index is 0.0132. The van der Waals surface area contributed by atoms with Crippen LogP contribution in [0.15, 0.2) is 30.3 Å². The zero-order chi connectivity index (χ0) is 15.6. The van der Waals surface area contributed by atoms with Gasteiger partial charge >= 0.3 is 12.1 Å². The number of carboxylic acid groups (broad SMARTS) is 1. The number of rotatable bonds is 3. The summed E-state index contributed by atoms with van der Waals surface area (Å²) in [4.78, 5) is 11.1. The number of hydrogen-bond acceptors (Lipinski definition) is 4. The van der Waals surface area contributed by atoms with Crippen molar-refractivity contribution >= 4 is 5.97 Å². The van der Waals surface area contributed by atoms with E-state index in [1.54, 1.807) is 0 Å². The molecule has 1 heterocycles. The van der Waals surface area contributed by atoms with Gasteiger partial charge in [0.15, 0.2) is 0 Å². The smallest absolute Gasteiger partial charge is 0.416 e. The molecule has 0 aliphatic heterocycles. The van der Waals surface area contributed by atoms with Gasteiger partial charge in [-0.1, -0.05) is 12.1 Å². The van der Waals surface area contributed by atoms with Crippen molar-refractivity contribution < 1.29 is 27.8 Å². The highest BCUT2D eigenvalue weighted by atomic mass is 19.4. The van der Waals surface area contributed by atoms with Crippen LogP contribution in [0.25, 0.3) is 11.3 Å². The van der Waals surface area contributed by atoms with Crippen LogP contribution in [0.4, 0.5) is 13.2 Å². The molecule has 0 amide bonds. The molecule has 1 aromatic heterocycles. The summed E-state index contributed by atoms with van der Waals surface area (Å²) in [5, 5.41) is 16.3. The summed E-state index contributed by atoms with van der Waals surface area (Å²) >= 11 is 0. The lowest BCUT2D eigenvalue weighted by molar-refractivity contribution is -0.137. The number of methoxy groups -OCH3 is 1. The summed E-state index contributed by atoms with van der Waals surface area (Å²) in [5.74, 6) is -1.52. The second-order valence-electron chi connectivity index (χ2n) is 4.04. The molecule has 0 fully saturated rings. The third-order valence-electron chi connectivity index (χ3n) is 2.67. The van der Waals surface area contributed by atoms with Crippen molar-refractivity contribution in [2.24, 2.45) is 0 Å². The van der Waals surface area contributed by atoms with E-state index in [1.807, 2.05) is 0 Å². The van der Waals surface area contributed by atoms with Gasteiger partial charge in [-0.05, 0) is 18.2 Å². The molecule has 0 saturated carbocycles. The standard InChI is InChI=1S/C13H9F3N2O3/c1-21-11-9(12(19)20)6-10(17-18-11)7-3-2-4-8(5-7)13(14,15)16/h2-6H,1H3,(H,19,20). The molecule has 5 nitrogen and oxygen atoms in total. The second kappa shape index (κ2) is 5.39. The van der Waals surface area contributed by atoms with E-state index in [2.05, 4.69) is 10.2 Å². The molecular weight excluding hydrogens is 289 g/mol. The monoisotopic (exact) mass is 298 g/mol. The fourth-order valence-corrected chi connectivity index (χ4v) is 1.68. The van der Waals surface area contributed by atoms with Gasteiger partial charge in [-0.15, -0.1) is 10.2 Å². The average Bonchev–Trinajstić information content (AvgIpc) is 2.45. The van der Waals surface area contributed by atoms with Gasteiger partial charge in [0.1, 0.15) is 5.56 Å². The van der Waals surface area contributed by atoms with Gasteiger partial charge in [0.25, 0.3) is 0 Å². The Morgan fingerprint density at radius 2 is 1.95 bits per heavy atom. The molecule has 0 unspecified atom stereocenters. The predicted octanol–water partition coefficient (Wildman–Crippen LogP) is 2.87. The van der Waals surface area contributed by atoms with Crippen LogP contribution in [-0.4, -0.2) is 28.4 Å². The van der Waals surface area contributed by atoms with Crippen molar-refractivity contribution in [1.29, 1.82) is 0 Å². The molecule has 8 heteroatoms. The van der Waals surface area contributed by atoms with Crippen LogP contribution in [0.1, 0.15) is 15.9 Å². The number of benzene rings is 1. The zero-order valence-electron chi connectivity index (χ0n) is 10.7. The van der Waals surface area contributed by atoms with Crippen molar-refractivity contribution in [2.45, 2.75) is 6.18 Å². The molecule has 0 saturated heterocycles. The topological polar surface area (TPSA) is 72.3 Å². The Kier molecular flexibility index (Phi) is 3.79. The lowest BCUT2D eigenvalue weighted by Gasteiger charge is -2.09. The fraction of sp³-hybridized carbons (Fsp3) is 0.154. The summed E-state index contributed by atoms with van der Waals surface area (Å²) in [6, 6.07) is 5.51. The summed E-state index contributed by atoms with van der Waals surface area (Å²) in [6.45, 7) is 0. The van der Waals surface area contributed by atoms with Crippen molar-refractivity contribution in [1.82, 2.24) is 10.2 Å². The Morgan fingerprint density at radius 1 is 1.24 bits per heavy atom. The van der Waals surface area contributed by atoms with Crippen molar-refractivity contribution in [3.63, 3.8) is 0 Å². The third-order valence-corrected chi connectivity index (χ3v) is 2.67. The third kappa shape index (κ3) is 3.10. The molecular formula is C13H9F3N2O3. The van der Waals surface area contributed by atoms with Crippen molar-refractivity contribution in [3.05, 3.63) is 41.5 Å². The van der Waals surface area contributed by atoms with Crippen molar-refractivity contribution in [3.8, 4) is 17.1 Å². The SMILES string of the molecule is COc1nnc(-c2cccc(C(F)(F)F)c2)cc1C(=O)O. The van der Waals surface area contributed by atoms with E-state index in [4.69, 9.17) is 9.84 Å². The minimum atomic E-state index is -4.49. The number of aromatic nitrogens is 2. The summed E-state index contributed by atoms with van der Waals surface area (Å²) in [6.07, 6.45) is -4.49. The molecule has 0 radical (unpaired) electrons. The molecule has 21 heavy (non-hydrogen) atoms. The first kappa shape index (κ1) is 14.8. The van der Waals surface area contributed by atoms with Crippen LogP contribution in [0.5, 0.6) is 5.88 Å². The van der Waals surface area contributed by atoms with Gasteiger partial charge in [-0.25, -0.2) is 4.79 Å². The van der Waals surface area contributed by atoms with Crippen molar-refractivity contribution in [2.75, 3.05) is 7.11 Å². The number of alkyl halides is 3. The fourth-order valence-electron chi connectivity index (χ4n) is 1.68. The van der Waals surface area contributed by atoms with Gasteiger partial charge in [-0.3, -0.25) is 0 Å². The first-order valence-electron chi connectivity index (χ1n) is 5.65. The maximum atomic E-state index is 12.7. The van der Waals surface area contributed by atoms with Crippen LogP contribution >= 0.6 is 0 Å². The molecule has 0 spiro atoms. The number of aromatic carboxylic acids is 1. The maximum absolute atomic E-state index is 12.7. The van der Waals surface area contributed by atoms with E-state index in [9.17, 15) is 18.0 Å². The van der Waals surface area contributed by atoms with E-state index < -0.39 is 17.7 Å². The van der Waals surface area contributed by atoms with Gasteiger partial charge in [0, 0.05) is 5.56 Å². The highest BCUT2D eigenvalue weighted by molar-refractivity contribution is 5.91. The van der Waals surface area contributed by atoms with Gasteiger partial charge in [-0.2, -0.15) is 13.2 Å². The molecule has 0 aliphatic rings. The molecule has 0 aliphatic carbocycles. The quantitative estimate of drug-likeness (QED) is 0.943. The molecule has 1 aromatic carbocycles. The van der Waals surface area contributed by atoms with Gasteiger partial charge in [0.2, 0.25) is 5.88 Å². The number of hydrogen-bond donors (Lipinski definition) is 1. The Balaban J connectivity index is 2.52. The van der Waals surface area contributed by atoms with E-state index in [-0.39, 0.29) is 22.7 Å². The van der Waals surface area contributed by atoms with E-state index in [0.717, 1.165) is 18.2 Å². The summed E-state index contributed by atoms with van der Waals surface area (Å²) in [5.41, 5.74) is -1.00. The number of ether oxygens (including phenoxy) is 1. The molecule has 2 rings (SSSR count). The normalized spacial score (nSPS) is 11.2. The second-order valence-corrected chi connectivity index (χ2v) is 4.04. The van der Waals surface area contributed by atoms with Gasteiger partial charge < -0.3 is 9.84 Å². The lowest BCUT2D eigenvalue weighted by atomic mass is 10.1. The maximum Gasteiger partial charge on any atom is 0.416 e. The molecule has 1 N–H and O–H groups in total. The van der Waals surface area contributed by atoms with Crippen LogP contribution < -0.4 is 4.74 Å². The number of carboxylic acids is 1. The molecule has 0 atom stereocenters. The molecule has 110 valence electrons. The van der Waals surface area contributed by atoms with E-state index in [0.29, 0.717) is 0 Å². The predicted molar refractivity (Wildman–Crippen MR) is 66.0 cm³/mol. The van der Waals surface area contributed by atoms with Crippen LogP contribution in [0.3, 0.4) is 0 Å². The van der Waals surface area contributed by atoms with E-state index in [1.165, 1.54) is 19.2 Å². The Hall–Kier alpha value is -2.64. The summed E-state index contributed by atoms with van der Waals surface area (Å²) < 4.78 is 42.7. The Bertz CT molecular complexity index is 687. The Labute approximate surface area is 117 Å². The van der Waals surface area contributed by atoms with Crippen LogP contribution in [0, 0.1) is 0 Å². The molecule has 0 bridgehead atoms. The lowest BCUT2D eigenvalue weighted by Crippen LogP contribution is -2.06. The zero-order valence-corrected chi connectivity index (χ0v) is 10.7. The minimum Gasteiger partial charge on any atom is -0.479 e. The van der Waals surface area contributed by atoms with Gasteiger partial charge in [0.05, 0.1) is 18.4 Å². The highest BCUT2D eigenvalue weighted by Crippen LogP contribution is 2.32. The van der Waals surface area contributed by atoms with Crippen LogP contribution in [0.2, 0.25) is 0 Å². The summed E-state index contributed by atoms with van der Waals surface area (Å²) in [7, 11) is 1.22. The first-order valence-corrected chi connectivity index (χ1v) is 5.65. The molecule has 2 aromatic rings. The largest absolute Gasteiger partial charge is 0.479 e. The van der Waals surface area contributed by atoms with E-state index >= 15 is 0 Å². The highest BCUT2D eigenvalue weighted by Gasteiger charge is 2.30. The Morgan fingerprint density at radius 3 is 2.52 bits per heavy atom.